The molecule has 0 saturated heterocycles. The van der Waals surface area contributed by atoms with Crippen LogP contribution in [0.3, 0.4) is 0 Å². The SMILES string of the molecule is C[C@H](NC(=O)[C@@H](NC(=O)[C@@H](N)CCC(=O)O)[C@@H](C)O)C(=O)O. The lowest BCUT2D eigenvalue weighted by molar-refractivity contribution is -0.142. The van der Waals surface area contributed by atoms with Crippen molar-refractivity contribution in [2.45, 2.75) is 50.9 Å². The van der Waals surface area contributed by atoms with E-state index in [9.17, 15) is 24.3 Å². The van der Waals surface area contributed by atoms with Crippen LogP contribution in [0.5, 0.6) is 0 Å². The van der Waals surface area contributed by atoms with Gasteiger partial charge in [0.1, 0.15) is 12.1 Å². The smallest absolute Gasteiger partial charge is 0.325 e. The van der Waals surface area contributed by atoms with Crippen LogP contribution >= 0.6 is 0 Å². The van der Waals surface area contributed by atoms with Gasteiger partial charge in [-0.1, -0.05) is 0 Å². The Morgan fingerprint density at radius 3 is 2.00 bits per heavy atom. The summed E-state index contributed by atoms with van der Waals surface area (Å²) >= 11 is 0. The number of carbonyl (C=O) groups excluding carboxylic acids is 2. The highest BCUT2D eigenvalue weighted by molar-refractivity contribution is 5.92. The van der Waals surface area contributed by atoms with Gasteiger partial charge in [0.05, 0.1) is 12.1 Å². The number of hydrogen-bond acceptors (Lipinski definition) is 6. The van der Waals surface area contributed by atoms with E-state index in [0.717, 1.165) is 0 Å². The summed E-state index contributed by atoms with van der Waals surface area (Å²) in [6, 6.07) is -3.77. The highest BCUT2D eigenvalue weighted by Crippen LogP contribution is 1.99. The molecule has 0 aliphatic heterocycles. The number of aliphatic hydroxyl groups excluding tert-OH is 1. The van der Waals surface area contributed by atoms with Crippen LogP contribution in [0.2, 0.25) is 0 Å². The minimum Gasteiger partial charge on any atom is -0.481 e. The van der Waals surface area contributed by atoms with Crippen LogP contribution in [0.1, 0.15) is 26.7 Å². The Balaban J connectivity index is 4.69. The summed E-state index contributed by atoms with van der Waals surface area (Å²) in [4.78, 5) is 44.7. The molecule has 10 nitrogen and oxygen atoms in total. The van der Waals surface area contributed by atoms with Crippen molar-refractivity contribution >= 4 is 23.8 Å². The molecule has 7 N–H and O–H groups in total. The monoisotopic (exact) mass is 319 g/mol. The minimum atomic E-state index is -1.40. The maximum atomic E-state index is 11.8. The first-order valence-corrected chi connectivity index (χ1v) is 6.55. The lowest BCUT2D eigenvalue weighted by Gasteiger charge is -2.23. The Labute approximate surface area is 126 Å². The predicted octanol–water partition coefficient (Wildman–Crippen LogP) is -2.37. The molecule has 0 radical (unpaired) electrons. The molecule has 0 bridgehead atoms. The fourth-order valence-corrected chi connectivity index (χ4v) is 1.44. The van der Waals surface area contributed by atoms with Gasteiger partial charge in [0.15, 0.2) is 0 Å². The molecule has 0 heterocycles. The van der Waals surface area contributed by atoms with Crippen LogP contribution in [0, 0.1) is 0 Å². The second-order valence-corrected chi connectivity index (χ2v) is 4.83. The molecule has 0 unspecified atom stereocenters. The van der Waals surface area contributed by atoms with Gasteiger partial charge in [-0.3, -0.25) is 19.2 Å². The number of nitrogens with one attached hydrogen (secondary N) is 2. The maximum absolute atomic E-state index is 11.8. The number of rotatable bonds is 9. The average molecular weight is 319 g/mol. The van der Waals surface area contributed by atoms with Crippen molar-refractivity contribution in [2.75, 3.05) is 0 Å². The number of amides is 2. The van der Waals surface area contributed by atoms with E-state index in [2.05, 4.69) is 10.6 Å². The number of aliphatic hydroxyl groups is 1. The third kappa shape index (κ3) is 6.99. The largest absolute Gasteiger partial charge is 0.481 e. The number of carbonyl (C=O) groups is 4. The van der Waals surface area contributed by atoms with Gasteiger partial charge in [0, 0.05) is 6.42 Å². The summed E-state index contributed by atoms with van der Waals surface area (Å²) in [7, 11) is 0. The molecule has 126 valence electrons. The molecular formula is C12H21N3O7. The van der Waals surface area contributed by atoms with E-state index in [0.29, 0.717) is 0 Å². The van der Waals surface area contributed by atoms with Crippen LogP contribution in [0.15, 0.2) is 0 Å². The lowest BCUT2D eigenvalue weighted by Crippen LogP contribution is -2.57. The van der Waals surface area contributed by atoms with E-state index < -0.39 is 48.0 Å². The molecular weight excluding hydrogens is 298 g/mol. The second-order valence-electron chi connectivity index (χ2n) is 4.83. The van der Waals surface area contributed by atoms with Gasteiger partial charge in [-0.15, -0.1) is 0 Å². The number of nitrogens with two attached hydrogens (primary N) is 1. The number of aliphatic carboxylic acids is 2. The lowest BCUT2D eigenvalue weighted by atomic mass is 10.1. The molecule has 0 aliphatic rings. The summed E-state index contributed by atoms with van der Waals surface area (Å²) in [5.74, 6) is -4.10. The molecule has 0 saturated carbocycles. The van der Waals surface area contributed by atoms with E-state index in [1.807, 2.05) is 0 Å². The van der Waals surface area contributed by atoms with Gasteiger partial charge in [0.2, 0.25) is 11.8 Å². The van der Waals surface area contributed by atoms with Gasteiger partial charge in [-0.2, -0.15) is 0 Å². The molecule has 0 aromatic rings. The van der Waals surface area contributed by atoms with E-state index in [1.54, 1.807) is 0 Å². The van der Waals surface area contributed by atoms with Gasteiger partial charge in [-0.25, -0.2) is 0 Å². The van der Waals surface area contributed by atoms with Gasteiger partial charge < -0.3 is 31.7 Å². The third-order valence-corrected chi connectivity index (χ3v) is 2.80. The van der Waals surface area contributed by atoms with E-state index >= 15 is 0 Å². The molecule has 0 aliphatic carbocycles. The topological polar surface area (TPSA) is 179 Å². The standard InChI is InChI=1S/C12H21N3O7/c1-5(12(21)22)14-11(20)9(6(2)16)15-10(19)7(13)3-4-8(17)18/h5-7,9,16H,3-4,13H2,1-2H3,(H,14,20)(H,15,19)(H,17,18)(H,21,22)/t5-,6+,7-,9-/m0/s1. The van der Waals surface area contributed by atoms with Crippen molar-refractivity contribution in [3.05, 3.63) is 0 Å². The Morgan fingerprint density at radius 1 is 1.05 bits per heavy atom. The van der Waals surface area contributed by atoms with Gasteiger partial charge in [0.25, 0.3) is 0 Å². The Hall–Kier alpha value is -2.20. The minimum absolute atomic E-state index is 0.138. The summed E-state index contributed by atoms with van der Waals surface area (Å²) in [6.07, 6.45) is -1.76. The van der Waals surface area contributed by atoms with Crippen molar-refractivity contribution in [1.29, 1.82) is 0 Å². The first-order valence-electron chi connectivity index (χ1n) is 6.55. The van der Waals surface area contributed by atoms with Crippen molar-refractivity contribution < 1.29 is 34.5 Å². The summed E-state index contributed by atoms with van der Waals surface area (Å²) < 4.78 is 0. The van der Waals surface area contributed by atoms with Crippen LogP contribution < -0.4 is 16.4 Å². The van der Waals surface area contributed by atoms with Gasteiger partial charge in [-0.05, 0) is 20.3 Å². The predicted molar refractivity (Wildman–Crippen MR) is 73.7 cm³/mol. The zero-order valence-electron chi connectivity index (χ0n) is 12.3. The molecule has 2 amide bonds. The molecule has 4 atom stereocenters. The fraction of sp³-hybridized carbons (Fsp3) is 0.667. The maximum Gasteiger partial charge on any atom is 0.325 e. The van der Waals surface area contributed by atoms with Crippen LogP contribution in [-0.2, 0) is 19.2 Å². The Morgan fingerprint density at radius 2 is 1.59 bits per heavy atom. The van der Waals surface area contributed by atoms with Crippen molar-refractivity contribution in [1.82, 2.24) is 10.6 Å². The molecule has 0 aromatic heterocycles. The first-order chi connectivity index (χ1) is 10.1. The van der Waals surface area contributed by atoms with Crippen LogP contribution in [0.25, 0.3) is 0 Å². The zero-order valence-corrected chi connectivity index (χ0v) is 12.3. The normalized spacial score (nSPS) is 16.0. The van der Waals surface area contributed by atoms with Crippen molar-refractivity contribution in [3.63, 3.8) is 0 Å². The fourth-order valence-electron chi connectivity index (χ4n) is 1.44. The Kier molecular flexibility index (Phi) is 8.05. The molecule has 0 aromatic carbocycles. The number of carboxylic acids is 2. The molecule has 0 spiro atoms. The molecule has 0 fully saturated rings. The van der Waals surface area contributed by atoms with Gasteiger partial charge >= 0.3 is 11.9 Å². The van der Waals surface area contributed by atoms with Crippen molar-refractivity contribution in [3.8, 4) is 0 Å². The highest BCUT2D eigenvalue weighted by atomic mass is 16.4. The van der Waals surface area contributed by atoms with Crippen LogP contribution in [-0.4, -0.2) is 63.3 Å². The molecule has 22 heavy (non-hydrogen) atoms. The summed E-state index contributed by atoms with van der Waals surface area (Å²) in [5.41, 5.74) is 5.48. The summed E-state index contributed by atoms with van der Waals surface area (Å²) in [5, 5.41) is 31.0. The van der Waals surface area contributed by atoms with E-state index in [4.69, 9.17) is 15.9 Å². The van der Waals surface area contributed by atoms with E-state index in [-0.39, 0.29) is 12.8 Å². The van der Waals surface area contributed by atoms with E-state index in [1.165, 1.54) is 13.8 Å². The Bertz CT molecular complexity index is 438. The number of carboxylic acid groups (broad SMARTS) is 2. The molecule has 10 heteroatoms. The van der Waals surface area contributed by atoms with Crippen molar-refractivity contribution in [2.24, 2.45) is 5.73 Å². The first kappa shape index (κ1) is 19.8. The highest BCUT2D eigenvalue weighted by Gasteiger charge is 2.29. The van der Waals surface area contributed by atoms with Crippen LogP contribution in [0.4, 0.5) is 0 Å². The zero-order chi connectivity index (χ0) is 17.4. The third-order valence-electron chi connectivity index (χ3n) is 2.80. The molecule has 0 rings (SSSR count). The summed E-state index contributed by atoms with van der Waals surface area (Å²) in [6.45, 7) is 2.46. The second kappa shape index (κ2) is 8.95. The number of hydrogen-bond donors (Lipinski definition) is 6. The quantitative estimate of drug-likeness (QED) is 0.273. The average Bonchev–Trinajstić information content (AvgIpc) is 2.40.